The Kier molecular flexibility index (Phi) is 5.16. The number of carbonyl (C=O) groups excluding carboxylic acids is 2. The van der Waals surface area contributed by atoms with Gasteiger partial charge in [0.05, 0.1) is 6.54 Å². The molecule has 32 heavy (non-hydrogen) atoms. The summed E-state index contributed by atoms with van der Waals surface area (Å²) >= 11 is 0. The van der Waals surface area contributed by atoms with Gasteiger partial charge < -0.3 is 19.3 Å². The quantitative estimate of drug-likeness (QED) is 0.682. The lowest BCUT2D eigenvalue weighted by molar-refractivity contribution is 0.0703. The van der Waals surface area contributed by atoms with Crippen molar-refractivity contribution >= 4 is 17.5 Å². The summed E-state index contributed by atoms with van der Waals surface area (Å²) in [6, 6.07) is 10.1. The first-order chi connectivity index (χ1) is 15.5. The lowest BCUT2D eigenvalue weighted by atomic mass is 10.0. The number of piperazine rings is 1. The Morgan fingerprint density at radius 3 is 2.41 bits per heavy atom. The van der Waals surface area contributed by atoms with E-state index in [0.717, 1.165) is 16.9 Å². The molecule has 0 unspecified atom stereocenters. The zero-order valence-corrected chi connectivity index (χ0v) is 17.9. The van der Waals surface area contributed by atoms with Gasteiger partial charge in [0.25, 0.3) is 11.8 Å². The highest BCUT2D eigenvalue weighted by molar-refractivity contribution is 5.95. The van der Waals surface area contributed by atoms with Crippen molar-refractivity contribution in [3.8, 4) is 0 Å². The van der Waals surface area contributed by atoms with E-state index in [4.69, 9.17) is 0 Å². The van der Waals surface area contributed by atoms with Crippen LogP contribution in [0.5, 0.6) is 0 Å². The van der Waals surface area contributed by atoms with E-state index in [1.807, 2.05) is 19.3 Å². The summed E-state index contributed by atoms with van der Waals surface area (Å²) in [5.74, 6) is -0.421. The van der Waals surface area contributed by atoms with Crippen LogP contribution in [0.15, 0.2) is 42.6 Å². The topological polar surface area (TPSA) is 77.5 Å². The van der Waals surface area contributed by atoms with E-state index < -0.39 is 0 Å². The average molecular weight is 436 g/mol. The van der Waals surface area contributed by atoms with Crippen LogP contribution >= 0.6 is 0 Å². The van der Waals surface area contributed by atoms with Crippen molar-refractivity contribution in [2.24, 2.45) is 7.05 Å². The molecule has 5 rings (SSSR count). The van der Waals surface area contributed by atoms with Gasteiger partial charge in [0.2, 0.25) is 0 Å². The largest absolute Gasteiger partial charge is 0.368 e. The van der Waals surface area contributed by atoms with Gasteiger partial charge in [0.1, 0.15) is 11.5 Å². The van der Waals surface area contributed by atoms with Crippen molar-refractivity contribution in [1.82, 2.24) is 24.6 Å². The average Bonchev–Trinajstić information content (AvgIpc) is 3.44. The maximum absolute atomic E-state index is 13.2. The van der Waals surface area contributed by atoms with Crippen molar-refractivity contribution < 1.29 is 14.0 Å². The minimum Gasteiger partial charge on any atom is -0.368 e. The van der Waals surface area contributed by atoms with Gasteiger partial charge in [0.15, 0.2) is 5.69 Å². The van der Waals surface area contributed by atoms with Gasteiger partial charge in [-0.2, -0.15) is 5.10 Å². The number of amides is 2. The molecule has 0 spiro atoms. The molecule has 0 atom stereocenters. The zero-order chi connectivity index (χ0) is 22.2. The lowest BCUT2D eigenvalue weighted by Gasteiger charge is -2.36. The Morgan fingerprint density at radius 1 is 0.969 bits per heavy atom. The molecular weight excluding hydrogens is 411 g/mol. The number of halogens is 1. The molecule has 0 bridgehead atoms. The number of benzene rings is 1. The third-order valence-corrected chi connectivity index (χ3v) is 6.34. The second-order valence-electron chi connectivity index (χ2n) is 8.27. The van der Waals surface area contributed by atoms with E-state index in [1.165, 1.54) is 12.1 Å². The third kappa shape index (κ3) is 3.63. The molecular formula is C23H25FN6O2. The molecule has 0 aliphatic carbocycles. The maximum Gasteiger partial charge on any atom is 0.274 e. The van der Waals surface area contributed by atoms with Crippen molar-refractivity contribution in [3.63, 3.8) is 0 Å². The van der Waals surface area contributed by atoms with Crippen molar-refractivity contribution in [2.45, 2.75) is 13.0 Å². The second kappa shape index (κ2) is 8.14. The molecule has 2 aliphatic heterocycles. The van der Waals surface area contributed by atoms with Crippen LogP contribution in [0.25, 0.3) is 0 Å². The lowest BCUT2D eigenvalue weighted by Crippen LogP contribution is -2.49. The zero-order valence-electron chi connectivity index (χ0n) is 17.9. The van der Waals surface area contributed by atoms with Crippen molar-refractivity contribution in [2.75, 3.05) is 37.6 Å². The van der Waals surface area contributed by atoms with Crippen LogP contribution < -0.4 is 4.90 Å². The molecule has 9 heteroatoms. The standard InChI is InChI=1S/C23H25FN6O2/c1-27-9-2-3-20(27)22(31)30-10-8-19-18(15-30)21(26-25-19)23(32)29-13-11-28(12-14-29)17-6-4-16(24)5-7-17/h2-7,9H,8,10-15H2,1H3,(H,25,26). The molecule has 1 fully saturated rings. The van der Waals surface area contributed by atoms with E-state index >= 15 is 0 Å². The number of fused-ring (bicyclic) bond motifs is 1. The van der Waals surface area contributed by atoms with Gasteiger partial charge in [-0.25, -0.2) is 4.39 Å². The molecule has 2 aromatic heterocycles. The third-order valence-electron chi connectivity index (χ3n) is 6.34. The predicted octanol–water partition coefficient (Wildman–Crippen LogP) is 2.05. The summed E-state index contributed by atoms with van der Waals surface area (Å²) in [5, 5.41) is 7.32. The van der Waals surface area contributed by atoms with Crippen LogP contribution in [0.2, 0.25) is 0 Å². The summed E-state index contributed by atoms with van der Waals surface area (Å²) in [7, 11) is 1.85. The van der Waals surface area contributed by atoms with Crippen LogP contribution in [-0.4, -0.2) is 69.1 Å². The first-order valence-electron chi connectivity index (χ1n) is 10.8. The summed E-state index contributed by atoms with van der Waals surface area (Å²) in [4.78, 5) is 31.9. The van der Waals surface area contributed by atoms with E-state index in [2.05, 4.69) is 15.1 Å². The van der Waals surface area contributed by atoms with Gasteiger partial charge in [0, 0.05) is 69.3 Å². The number of hydrogen-bond acceptors (Lipinski definition) is 4. The minimum absolute atomic E-state index is 0.0457. The highest BCUT2D eigenvalue weighted by Gasteiger charge is 2.32. The Labute approximate surface area is 185 Å². The monoisotopic (exact) mass is 436 g/mol. The van der Waals surface area contributed by atoms with E-state index in [9.17, 15) is 14.0 Å². The molecule has 3 aromatic rings. The van der Waals surface area contributed by atoms with Crippen LogP contribution in [-0.2, 0) is 20.0 Å². The fraction of sp³-hybridized carbons (Fsp3) is 0.348. The molecule has 0 radical (unpaired) electrons. The van der Waals surface area contributed by atoms with Gasteiger partial charge in [-0.3, -0.25) is 14.7 Å². The Hall–Kier alpha value is -3.62. The number of carbonyl (C=O) groups is 2. The van der Waals surface area contributed by atoms with Gasteiger partial charge in [-0.1, -0.05) is 0 Å². The number of aromatic nitrogens is 3. The number of anilines is 1. The van der Waals surface area contributed by atoms with Crippen LogP contribution in [0.4, 0.5) is 10.1 Å². The number of rotatable bonds is 3. The molecule has 1 saturated heterocycles. The summed E-state index contributed by atoms with van der Waals surface area (Å²) in [6.45, 7) is 3.41. The summed E-state index contributed by atoms with van der Waals surface area (Å²) in [5.41, 5.74) is 3.71. The summed E-state index contributed by atoms with van der Waals surface area (Å²) < 4.78 is 15.0. The van der Waals surface area contributed by atoms with Gasteiger partial charge >= 0.3 is 0 Å². The van der Waals surface area contributed by atoms with Crippen LogP contribution in [0, 0.1) is 5.82 Å². The van der Waals surface area contributed by atoms with Crippen LogP contribution in [0.1, 0.15) is 32.2 Å². The Bertz CT molecular complexity index is 1140. The molecule has 166 valence electrons. The molecule has 1 aromatic carbocycles. The summed E-state index contributed by atoms with van der Waals surface area (Å²) in [6.07, 6.45) is 2.49. The Morgan fingerprint density at radius 2 is 1.72 bits per heavy atom. The van der Waals surface area contributed by atoms with Gasteiger partial charge in [-0.15, -0.1) is 0 Å². The molecule has 0 saturated carbocycles. The SMILES string of the molecule is Cn1cccc1C(=O)N1CCc2[nH]nc(C(=O)N3CCN(c4ccc(F)cc4)CC3)c2C1. The van der Waals surface area contributed by atoms with E-state index in [1.54, 1.807) is 32.6 Å². The first-order valence-corrected chi connectivity index (χ1v) is 10.8. The molecule has 8 nitrogen and oxygen atoms in total. The van der Waals surface area contributed by atoms with E-state index in [-0.39, 0.29) is 17.6 Å². The molecule has 1 N–H and O–H groups in total. The number of H-pyrrole nitrogens is 1. The second-order valence-corrected chi connectivity index (χ2v) is 8.27. The highest BCUT2D eigenvalue weighted by Crippen LogP contribution is 2.24. The fourth-order valence-corrected chi connectivity index (χ4v) is 4.46. The molecule has 2 aliphatic rings. The number of aromatic amines is 1. The minimum atomic E-state index is -0.259. The number of hydrogen-bond donors (Lipinski definition) is 1. The first kappa shape index (κ1) is 20.3. The fourth-order valence-electron chi connectivity index (χ4n) is 4.46. The highest BCUT2D eigenvalue weighted by atomic mass is 19.1. The van der Waals surface area contributed by atoms with Crippen molar-refractivity contribution in [1.29, 1.82) is 0 Å². The Balaban J connectivity index is 1.27. The molecule has 2 amide bonds. The number of aryl methyl sites for hydroxylation is 1. The normalized spacial score (nSPS) is 16.2. The van der Waals surface area contributed by atoms with Gasteiger partial charge in [-0.05, 0) is 36.4 Å². The predicted molar refractivity (Wildman–Crippen MR) is 117 cm³/mol. The number of nitrogens with zero attached hydrogens (tertiary/aromatic N) is 5. The smallest absolute Gasteiger partial charge is 0.274 e. The van der Waals surface area contributed by atoms with Crippen molar-refractivity contribution in [3.05, 3.63) is 71.1 Å². The number of nitrogens with one attached hydrogen (secondary N) is 1. The maximum atomic E-state index is 13.2. The van der Waals surface area contributed by atoms with Crippen LogP contribution in [0.3, 0.4) is 0 Å². The molecule has 4 heterocycles. The van der Waals surface area contributed by atoms with E-state index in [0.29, 0.717) is 57.1 Å².